The fraction of sp³-hybridized carbons (Fsp3) is 0.500. The molecule has 3 N–H and O–H groups in total. The molecule has 2 aliphatic heterocycles. The highest BCUT2D eigenvalue weighted by Crippen LogP contribution is 2.34. The third-order valence-electron chi connectivity index (χ3n) is 8.06. The first-order chi connectivity index (χ1) is 20.5. The normalized spacial score (nSPS) is 18.2. The number of rotatable bonds is 11. The lowest BCUT2D eigenvalue weighted by Crippen LogP contribution is -2.42. The van der Waals surface area contributed by atoms with E-state index in [1.165, 1.54) is 12.8 Å². The molecule has 42 heavy (non-hydrogen) atoms. The summed E-state index contributed by atoms with van der Waals surface area (Å²) in [6.07, 6.45) is 6.44. The molecule has 2 fully saturated rings. The second-order valence-electron chi connectivity index (χ2n) is 11.1. The minimum atomic E-state index is -0.719. The van der Waals surface area contributed by atoms with Crippen LogP contribution >= 0.6 is 11.6 Å². The molecule has 1 aromatic carbocycles. The van der Waals surface area contributed by atoms with Crippen molar-refractivity contribution in [2.45, 2.75) is 51.0 Å². The first-order valence-electron chi connectivity index (χ1n) is 14.6. The topological polar surface area (TPSA) is 125 Å². The highest BCUT2D eigenvalue weighted by molar-refractivity contribution is 6.33. The Morgan fingerprint density at radius 2 is 2.07 bits per heavy atom. The van der Waals surface area contributed by atoms with Crippen LogP contribution in [0.1, 0.15) is 46.5 Å². The van der Waals surface area contributed by atoms with Gasteiger partial charge in [-0.1, -0.05) is 17.7 Å². The van der Waals surface area contributed by atoms with E-state index in [0.717, 1.165) is 55.8 Å². The molecule has 2 aromatic heterocycles. The van der Waals surface area contributed by atoms with Crippen LogP contribution in [-0.4, -0.2) is 84.0 Å². The number of anilines is 2. The Morgan fingerprint density at radius 3 is 2.83 bits per heavy atom. The molecule has 1 aliphatic carbocycles. The second-order valence-corrected chi connectivity index (χ2v) is 11.5. The first-order valence-corrected chi connectivity index (χ1v) is 15.0. The van der Waals surface area contributed by atoms with Gasteiger partial charge in [0.15, 0.2) is 12.2 Å². The average Bonchev–Trinajstić information content (AvgIpc) is 3.51. The van der Waals surface area contributed by atoms with Crippen LogP contribution in [0.5, 0.6) is 5.75 Å². The van der Waals surface area contributed by atoms with E-state index in [1.807, 2.05) is 18.2 Å². The van der Waals surface area contributed by atoms with Crippen molar-refractivity contribution in [3.05, 3.63) is 64.3 Å². The van der Waals surface area contributed by atoms with Gasteiger partial charge in [0.05, 0.1) is 30.5 Å². The first kappa shape index (κ1) is 28.7. The van der Waals surface area contributed by atoms with Crippen molar-refractivity contribution < 1.29 is 23.8 Å². The molecule has 11 nitrogen and oxygen atoms in total. The number of morpholine rings is 1. The smallest absolute Gasteiger partial charge is 0.251 e. The zero-order valence-electron chi connectivity index (χ0n) is 23.6. The summed E-state index contributed by atoms with van der Waals surface area (Å²) in [5, 5.41) is 17.8. The zero-order valence-corrected chi connectivity index (χ0v) is 24.3. The standard InChI is InChI=1S/C30H37ClN6O5/c31-29-25-6-7-36(16-20(25)4-5-26(29)41-18-24-15-32-19-42-24)17-23(38)14-33-30(39)21-12-27(34-22-2-1-3-22)35-28(13-21)37-8-10-40-11-9-37/h4-5,12-13,15,19,22-23,38H,1-3,6-11,14,16-18H2,(H,33,39)(H,34,35)/t23-/m0/s1. The largest absolute Gasteiger partial charge is 0.484 e. The van der Waals surface area contributed by atoms with Crippen LogP contribution in [0.15, 0.2) is 41.3 Å². The van der Waals surface area contributed by atoms with Gasteiger partial charge in [-0.25, -0.2) is 9.97 Å². The summed E-state index contributed by atoms with van der Waals surface area (Å²) in [7, 11) is 0. The van der Waals surface area contributed by atoms with Crippen LogP contribution < -0.4 is 20.3 Å². The van der Waals surface area contributed by atoms with Gasteiger partial charge in [0.2, 0.25) is 0 Å². The fourth-order valence-electron chi connectivity index (χ4n) is 5.49. The molecule has 0 radical (unpaired) electrons. The van der Waals surface area contributed by atoms with Crippen molar-refractivity contribution in [3.8, 4) is 5.75 Å². The van der Waals surface area contributed by atoms with Crippen LogP contribution in [0, 0.1) is 0 Å². The Labute approximate surface area is 250 Å². The van der Waals surface area contributed by atoms with E-state index in [2.05, 4.69) is 25.4 Å². The number of aliphatic hydroxyl groups is 1. The van der Waals surface area contributed by atoms with Gasteiger partial charge in [0.1, 0.15) is 24.0 Å². The van der Waals surface area contributed by atoms with Gasteiger partial charge in [-0.15, -0.1) is 0 Å². The molecular formula is C30H37ClN6O5. The van der Waals surface area contributed by atoms with Gasteiger partial charge in [-0.05, 0) is 55.0 Å². The summed E-state index contributed by atoms with van der Waals surface area (Å²) in [6.45, 7) is 5.00. The van der Waals surface area contributed by atoms with Gasteiger partial charge >= 0.3 is 0 Å². The van der Waals surface area contributed by atoms with Crippen molar-refractivity contribution in [3.63, 3.8) is 0 Å². The maximum atomic E-state index is 13.2. The minimum absolute atomic E-state index is 0.151. The number of fused-ring (bicyclic) bond motifs is 1. The molecule has 1 atom stereocenters. The summed E-state index contributed by atoms with van der Waals surface area (Å²) in [4.78, 5) is 26.2. The Morgan fingerprint density at radius 1 is 1.21 bits per heavy atom. The Bertz CT molecular complexity index is 1360. The van der Waals surface area contributed by atoms with Crippen LogP contribution in [0.25, 0.3) is 0 Å². The fourth-order valence-corrected chi connectivity index (χ4v) is 5.82. The number of hydrogen-bond acceptors (Lipinski definition) is 10. The van der Waals surface area contributed by atoms with E-state index < -0.39 is 6.10 Å². The van der Waals surface area contributed by atoms with E-state index >= 15 is 0 Å². The zero-order chi connectivity index (χ0) is 28.9. The van der Waals surface area contributed by atoms with Gasteiger partial charge in [0, 0.05) is 50.9 Å². The lowest BCUT2D eigenvalue weighted by Gasteiger charge is -2.31. The van der Waals surface area contributed by atoms with Crippen molar-refractivity contribution in [2.75, 3.05) is 56.2 Å². The third kappa shape index (κ3) is 6.97. The lowest BCUT2D eigenvalue weighted by molar-refractivity contribution is 0.0841. The lowest BCUT2D eigenvalue weighted by atomic mass is 9.93. The van der Waals surface area contributed by atoms with E-state index in [1.54, 1.807) is 12.3 Å². The molecule has 12 heteroatoms. The third-order valence-corrected chi connectivity index (χ3v) is 8.48. The van der Waals surface area contributed by atoms with Gasteiger partial charge in [-0.2, -0.15) is 0 Å². The quantitative estimate of drug-likeness (QED) is 0.304. The van der Waals surface area contributed by atoms with Gasteiger partial charge in [-0.3, -0.25) is 9.69 Å². The number of pyridine rings is 1. The maximum absolute atomic E-state index is 13.2. The molecule has 6 rings (SSSR count). The van der Waals surface area contributed by atoms with Crippen molar-refractivity contribution in [1.29, 1.82) is 0 Å². The molecule has 0 bridgehead atoms. The number of ether oxygens (including phenoxy) is 2. The Hall–Kier alpha value is -3.38. The van der Waals surface area contributed by atoms with E-state index in [0.29, 0.717) is 60.3 Å². The number of nitrogens with zero attached hydrogens (tertiary/aromatic N) is 4. The number of nitrogens with one attached hydrogen (secondary N) is 2. The van der Waals surface area contributed by atoms with E-state index in [9.17, 15) is 9.90 Å². The predicted octanol–water partition coefficient (Wildman–Crippen LogP) is 3.25. The van der Waals surface area contributed by atoms with Crippen molar-refractivity contribution >= 4 is 29.1 Å². The van der Waals surface area contributed by atoms with E-state index in [4.69, 9.17) is 30.5 Å². The number of aliphatic hydroxyl groups excluding tert-OH is 1. The molecule has 3 aliphatic rings. The molecule has 1 amide bonds. The number of β-amino-alcohol motifs (C(OH)–C–C–N with tert-alkyl or cyclic N) is 1. The number of halogens is 1. The van der Waals surface area contributed by atoms with Gasteiger partial charge in [0.25, 0.3) is 5.91 Å². The molecule has 1 saturated carbocycles. The maximum Gasteiger partial charge on any atom is 0.251 e. The highest BCUT2D eigenvalue weighted by atomic mass is 35.5. The summed E-state index contributed by atoms with van der Waals surface area (Å²) < 4.78 is 16.5. The van der Waals surface area contributed by atoms with Crippen LogP contribution in [0.4, 0.5) is 11.6 Å². The summed E-state index contributed by atoms with van der Waals surface area (Å²) in [5.41, 5.74) is 2.70. The van der Waals surface area contributed by atoms with E-state index in [-0.39, 0.29) is 19.1 Å². The Kier molecular flexibility index (Phi) is 9.09. The number of carbonyl (C=O) groups is 1. The van der Waals surface area contributed by atoms with Crippen LogP contribution in [0.2, 0.25) is 5.02 Å². The van der Waals surface area contributed by atoms with Crippen LogP contribution in [0.3, 0.4) is 0 Å². The molecule has 1 saturated heterocycles. The highest BCUT2D eigenvalue weighted by Gasteiger charge is 2.24. The number of benzene rings is 1. The predicted molar refractivity (Wildman–Crippen MR) is 158 cm³/mol. The van der Waals surface area contributed by atoms with Crippen molar-refractivity contribution in [2.24, 2.45) is 0 Å². The molecule has 0 spiro atoms. The summed E-state index contributed by atoms with van der Waals surface area (Å²) in [5.74, 6) is 2.50. The number of carbonyl (C=O) groups excluding carboxylic acids is 1. The molecular weight excluding hydrogens is 560 g/mol. The number of aromatic nitrogens is 2. The number of oxazole rings is 1. The average molecular weight is 597 g/mol. The summed E-state index contributed by atoms with van der Waals surface area (Å²) in [6, 6.07) is 7.92. The SMILES string of the molecule is O=C(NC[C@H](O)CN1CCc2c(ccc(OCc3cnco3)c2Cl)C1)c1cc(NC2CCC2)nc(N2CCOCC2)c1. The molecule has 3 aromatic rings. The van der Waals surface area contributed by atoms with Gasteiger partial charge < -0.3 is 34.5 Å². The number of hydrogen-bond donors (Lipinski definition) is 3. The molecule has 0 unspecified atom stereocenters. The number of amides is 1. The minimum Gasteiger partial charge on any atom is -0.484 e. The Balaban J connectivity index is 1.03. The molecule has 224 valence electrons. The monoisotopic (exact) mass is 596 g/mol. The molecule has 4 heterocycles. The second kappa shape index (κ2) is 13.3. The summed E-state index contributed by atoms with van der Waals surface area (Å²) >= 11 is 6.67. The van der Waals surface area contributed by atoms with Crippen molar-refractivity contribution in [1.82, 2.24) is 20.2 Å². The van der Waals surface area contributed by atoms with Crippen LogP contribution in [-0.2, 0) is 24.3 Å².